The third-order valence-electron chi connectivity index (χ3n) is 4.75. The number of nitrogens with zero attached hydrogens (tertiary/aromatic N) is 1. The Hall–Kier alpha value is -3.10. The number of benzene rings is 3. The van der Waals surface area contributed by atoms with Gasteiger partial charge < -0.3 is 10.6 Å². The molecule has 0 saturated heterocycles. The molecule has 1 heterocycles. The topological polar surface area (TPSA) is 78.5 Å². The first-order valence-electron chi connectivity index (χ1n) is 9.53. The molecule has 11 heteroatoms. The summed E-state index contributed by atoms with van der Waals surface area (Å²) >= 11 is 24.3. The minimum absolute atomic E-state index is 0.0217. The summed E-state index contributed by atoms with van der Waals surface area (Å²) in [7, 11) is 0. The first kappa shape index (κ1) is 24.0. The second-order valence-corrected chi connectivity index (χ2v) is 8.62. The number of amides is 3. The highest BCUT2D eigenvalue weighted by Crippen LogP contribution is 2.38. The second kappa shape index (κ2) is 9.64. The third-order valence-corrected chi connectivity index (χ3v) is 6.13. The Bertz CT molecular complexity index is 1380. The zero-order chi connectivity index (χ0) is 24.6. The van der Waals surface area contributed by atoms with Gasteiger partial charge in [-0.15, -0.1) is 0 Å². The van der Waals surface area contributed by atoms with E-state index in [1.807, 2.05) is 0 Å². The maximum atomic E-state index is 13.1. The zero-order valence-corrected chi connectivity index (χ0v) is 19.9. The van der Waals surface area contributed by atoms with Crippen LogP contribution >= 0.6 is 46.4 Å². The summed E-state index contributed by atoms with van der Waals surface area (Å²) < 4.78 is 13.1. The van der Waals surface area contributed by atoms with Crippen molar-refractivity contribution in [1.29, 1.82) is 0 Å². The minimum Gasteiger partial charge on any atom is -0.350 e. The first-order valence-corrected chi connectivity index (χ1v) is 11.0. The van der Waals surface area contributed by atoms with Gasteiger partial charge in [0.05, 0.1) is 20.8 Å². The Morgan fingerprint density at radius 3 is 2.18 bits per heavy atom. The van der Waals surface area contributed by atoms with Crippen LogP contribution in [0.4, 0.5) is 21.5 Å². The van der Waals surface area contributed by atoms with Crippen LogP contribution in [-0.2, 0) is 9.59 Å². The lowest BCUT2D eigenvalue weighted by molar-refractivity contribution is -0.120. The Morgan fingerprint density at radius 2 is 1.47 bits per heavy atom. The van der Waals surface area contributed by atoms with E-state index >= 15 is 0 Å². The number of carbonyl (C=O) groups excluding carboxylic acids is 3. The fraction of sp³-hybridized carbons (Fsp3) is 0. The van der Waals surface area contributed by atoms with Crippen LogP contribution in [0.3, 0.4) is 0 Å². The van der Waals surface area contributed by atoms with Gasteiger partial charge in [0.15, 0.2) is 0 Å². The van der Waals surface area contributed by atoms with Gasteiger partial charge in [-0.2, -0.15) is 0 Å². The molecule has 0 spiro atoms. The largest absolute Gasteiger partial charge is 0.350 e. The maximum Gasteiger partial charge on any atom is 0.283 e. The number of nitrogens with one attached hydrogen (secondary N) is 2. The van der Waals surface area contributed by atoms with Crippen molar-refractivity contribution in [3.05, 3.63) is 97.8 Å². The van der Waals surface area contributed by atoms with Crippen LogP contribution in [0.2, 0.25) is 15.1 Å². The first-order chi connectivity index (χ1) is 16.2. The molecule has 1 aliphatic rings. The van der Waals surface area contributed by atoms with E-state index in [0.717, 1.165) is 4.90 Å². The van der Waals surface area contributed by atoms with Crippen molar-refractivity contribution in [2.45, 2.75) is 0 Å². The van der Waals surface area contributed by atoms with Gasteiger partial charge in [-0.05, 0) is 54.6 Å². The Kier molecular flexibility index (Phi) is 6.81. The summed E-state index contributed by atoms with van der Waals surface area (Å²) in [6.45, 7) is 0. The molecule has 3 aromatic rings. The van der Waals surface area contributed by atoms with E-state index < -0.39 is 23.5 Å². The van der Waals surface area contributed by atoms with E-state index in [1.165, 1.54) is 42.5 Å². The van der Waals surface area contributed by atoms with Crippen molar-refractivity contribution in [1.82, 2.24) is 0 Å². The summed E-state index contributed by atoms with van der Waals surface area (Å²) in [5, 5.41) is 5.34. The van der Waals surface area contributed by atoms with E-state index in [9.17, 15) is 18.8 Å². The van der Waals surface area contributed by atoms with Crippen LogP contribution < -0.4 is 15.5 Å². The van der Waals surface area contributed by atoms with E-state index in [0.29, 0.717) is 11.4 Å². The van der Waals surface area contributed by atoms with Gasteiger partial charge in [-0.25, -0.2) is 9.29 Å². The molecule has 0 aromatic heterocycles. The molecule has 3 amide bonds. The van der Waals surface area contributed by atoms with Gasteiger partial charge >= 0.3 is 0 Å². The van der Waals surface area contributed by atoms with Crippen molar-refractivity contribution < 1.29 is 18.8 Å². The monoisotopic (exact) mass is 537 g/mol. The fourth-order valence-corrected chi connectivity index (χ4v) is 3.97. The average molecular weight is 539 g/mol. The molecule has 1 aliphatic heterocycles. The SMILES string of the molecule is O=C(Nc1ccc(F)cc1)c1cccc(NC2=C(Cl)C(=O)N(c3cc(Cl)c(Cl)cc3Cl)C2=O)c1. The number of anilines is 3. The molecular formula is C23H12Cl4FN3O3. The minimum atomic E-state index is -0.806. The number of hydrogen-bond donors (Lipinski definition) is 2. The molecule has 0 fully saturated rings. The number of hydrogen-bond acceptors (Lipinski definition) is 4. The van der Waals surface area contributed by atoms with E-state index in [1.54, 1.807) is 18.2 Å². The molecule has 0 aliphatic carbocycles. The Morgan fingerprint density at radius 1 is 0.794 bits per heavy atom. The van der Waals surface area contributed by atoms with Crippen molar-refractivity contribution in [2.24, 2.45) is 0 Å². The van der Waals surface area contributed by atoms with Gasteiger partial charge in [-0.1, -0.05) is 52.5 Å². The number of imide groups is 1. The summed E-state index contributed by atoms with van der Waals surface area (Å²) in [6, 6.07) is 14.0. The Labute approximate surface area is 212 Å². The van der Waals surface area contributed by atoms with Crippen molar-refractivity contribution >= 4 is 81.2 Å². The number of rotatable bonds is 5. The lowest BCUT2D eigenvalue weighted by Gasteiger charge is -2.17. The van der Waals surface area contributed by atoms with Crippen LogP contribution in [0.5, 0.6) is 0 Å². The quantitative estimate of drug-likeness (QED) is 0.288. The van der Waals surface area contributed by atoms with Crippen molar-refractivity contribution in [2.75, 3.05) is 15.5 Å². The molecule has 6 nitrogen and oxygen atoms in total. The molecule has 4 rings (SSSR count). The van der Waals surface area contributed by atoms with E-state index in [-0.39, 0.29) is 37.0 Å². The normalized spacial score (nSPS) is 13.5. The molecular weight excluding hydrogens is 527 g/mol. The highest BCUT2D eigenvalue weighted by Gasteiger charge is 2.40. The molecule has 2 N–H and O–H groups in total. The molecule has 3 aromatic carbocycles. The summed E-state index contributed by atoms with van der Waals surface area (Å²) in [6.07, 6.45) is 0. The van der Waals surface area contributed by atoms with Gasteiger partial charge in [0.25, 0.3) is 17.7 Å². The van der Waals surface area contributed by atoms with Gasteiger partial charge in [0.2, 0.25) is 0 Å². The van der Waals surface area contributed by atoms with Crippen LogP contribution in [0.1, 0.15) is 10.4 Å². The zero-order valence-electron chi connectivity index (χ0n) is 16.8. The predicted molar refractivity (Wildman–Crippen MR) is 131 cm³/mol. The average Bonchev–Trinajstić information content (AvgIpc) is 3.01. The highest BCUT2D eigenvalue weighted by molar-refractivity contribution is 6.54. The standard InChI is InChI=1S/C23H12Cl4FN3O3/c24-15-9-17(26)18(10-16(15)25)31-22(33)19(27)20(23(31)34)29-14-3-1-2-11(8-14)21(32)30-13-6-4-12(28)5-7-13/h1-10,29H,(H,30,32). The second-order valence-electron chi connectivity index (χ2n) is 7.02. The van der Waals surface area contributed by atoms with E-state index in [4.69, 9.17) is 46.4 Å². The molecule has 0 radical (unpaired) electrons. The summed E-state index contributed by atoms with van der Waals surface area (Å²) in [4.78, 5) is 39.1. The van der Waals surface area contributed by atoms with Crippen LogP contribution in [-0.4, -0.2) is 17.7 Å². The molecule has 34 heavy (non-hydrogen) atoms. The summed E-state index contributed by atoms with van der Waals surface area (Å²) in [5.74, 6) is -2.47. The molecule has 172 valence electrons. The number of carbonyl (C=O) groups is 3. The van der Waals surface area contributed by atoms with E-state index in [2.05, 4.69) is 10.6 Å². The highest BCUT2D eigenvalue weighted by atomic mass is 35.5. The molecule has 0 unspecified atom stereocenters. The van der Waals surface area contributed by atoms with Crippen LogP contribution in [0.25, 0.3) is 0 Å². The fourth-order valence-electron chi connectivity index (χ4n) is 3.13. The molecule has 0 atom stereocenters. The van der Waals surface area contributed by atoms with Crippen molar-refractivity contribution in [3.63, 3.8) is 0 Å². The molecule has 0 saturated carbocycles. The van der Waals surface area contributed by atoms with Crippen molar-refractivity contribution in [3.8, 4) is 0 Å². The Balaban J connectivity index is 1.56. The smallest absolute Gasteiger partial charge is 0.283 e. The number of halogens is 5. The van der Waals surface area contributed by atoms with Gasteiger partial charge in [-0.3, -0.25) is 14.4 Å². The van der Waals surface area contributed by atoms with Crippen LogP contribution in [0, 0.1) is 5.82 Å². The van der Waals surface area contributed by atoms with Crippen LogP contribution in [0.15, 0.2) is 71.4 Å². The lowest BCUT2D eigenvalue weighted by atomic mass is 10.1. The third kappa shape index (κ3) is 4.74. The van der Waals surface area contributed by atoms with Gasteiger partial charge in [0.1, 0.15) is 16.5 Å². The lowest BCUT2D eigenvalue weighted by Crippen LogP contribution is -2.32. The van der Waals surface area contributed by atoms with Gasteiger partial charge in [0, 0.05) is 16.9 Å². The molecule has 0 bridgehead atoms. The summed E-state index contributed by atoms with van der Waals surface area (Å²) in [5.41, 5.74) is 0.787. The maximum absolute atomic E-state index is 13.1. The predicted octanol–water partition coefficient (Wildman–Crippen LogP) is 6.47.